The van der Waals surface area contributed by atoms with E-state index in [4.69, 9.17) is 4.57 Å². The maximum absolute atomic E-state index is 10.7. The first kappa shape index (κ1) is 23.5. The summed E-state index contributed by atoms with van der Waals surface area (Å²) in [6.45, 7) is 7.98. The Morgan fingerprint density at radius 1 is 1.04 bits per heavy atom. The molecule has 0 saturated carbocycles. The average molecular weight is 374 g/mol. The molecule has 7 nitrogen and oxygen atoms in total. The summed E-state index contributed by atoms with van der Waals surface area (Å²) in [5, 5.41) is 2.78. The summed E-state index contributed by atoms with van der Waals surface area (Å²) >= 11 is 0. The molecule has 3 amide bonds. The lowest BCUT2D eigenvalue weighted by Crippen LogP contribution is -2.25. The summed E-state index contributed by atoms with van der Waals surface area (Å²) in [7, 11) is 3.03. The fourth-order valence-corrected chi connectivity index (χ4v) is 2.75. The zero-order valence-electron chi connectivity index (χ0n) is 15.9. The number of hydrogen-bond donors (Lipinski definition) is 1. The third kappa shape index (κ3) is 8.96. The Bertz CT molecular complexity index is 442. The molecule has 3 unspecified atom stereocenters. The van der Waals surface area contributed by atoms with Gasteiger partial charge in [0.2, 0.25) is 17.7 Å². The Balaban J connectivity index is 0.000000330. The van der Waals surface area contributed by atoms with Gasteiger partial charge in [-0.2, -0.15) is 0 Å². The summed E-state index contributed by atoms with van der Waals surface area (Å²) in [6, 6.07) is 0.898. The van der Waals surface area contributed by atoms with E-state index in [0.717, 1.165) is 51.6 Å². The van der Waals surface area contributed by atoms with E-state index in [9.17, 15) is 14.4 Å². The molecule has 3 heterocycles. The minimum atomic E-state index is 0.201. The number of hydrogen-bond acceptors (Lipinski definition) is 4. The molecule has 3 fully saturated rings. The molecule has 3 aliphatic rings. The fraction of sp³-hybridized carbons (Fsp3) is 0.824. The van der Waals surface area contributed by atoms with Crippen LogP contribution in [-0.4, -0.2) is 59.7 Å². The highest BCUT2D eigenvalue weighted by Crippen LogP contribution is 2.14. The van der Waals surface area contributed by atoms with Crippen LogP contribution in [0.25, 0.3) is 0 Å². The van der Waals surface area contributed by atoms with Gasteiger partial charge in [-0.3, -0.25) is 14.4 Å². The van der Waals surface area contributed by atoms with Crippen LogP contribution in [0, 0.1) is 0 Å². The van der Waals surface area contributed by atoms with Crippen molar-refractivity contribution in [1.82, 2.24) is 15.1 Å². The standard InChI is InChI=1S/2C6H11NO.C5H9NO.H2OP/c1-5-3-4-6(8)7(5)2;1-2-7-5-3-4-6(7)8;1-4-2-3-5(7)6-4;1-2/h5H,3-4H2,1-2H3;2-5H2,1H3;4H,2-3H2,1H3,(H,6,7);2H2/q;;;+1. The van der Waals surface area contributed by atoms with Crippen LogP contribution >= 0.6 is 9.12 Å². The van der Waals surface area contributed by atoms with Gasteiger partial charge >= 0.3 is 9.12 Å². The molecule has 0 radical (unpaired) electrons. The predicted molar refractivity (Wildman–Crippen MR) is 100 cm³/mol. The van der Waals surface area contributed by atoms with E-state index >= 15 is 0 Å². The first-order valence-electron chi connectivity index (χ1n) is 8.91. The van der Waals surface area contributed by atoms with Crippen LogP contribution in [0.15, 0.2) is 0 Å². The fourth-order valence-electron chi connectivity index (χ4n) is 2.75. The first-order valence-corrected chi connectivity index (χ1v) is 9.38. The molecule has 0 spiro atoms. The van der Waals surface area contributed by atoms with Gasteiger partial charge in [0, 0.05) is 51.5 Å². The van der Waals surface area contributed by atoms with E-state index in [2.05, 4.69) is 12.2 Å². The van der Waals surface area contributed by atoms with Crippen molar-refractivity contribution in [2.45, 2.75) is 71.4 Å². The van der Waals surface area contributed by atoms with Gasteiger partial charge in [0.25, 0.3) is 0 Å². The van der Waals surface area contributed by atoms with Gasteiger partial charge in [-0.05, 0) is 40.0 Å². The molecule has 0 aliphatic carbocycles. The molecular weight excluding hydrogens is 341 g/mol. The van der Waals surface area contributed by atoms with Crippen molar-refractivity contribution >= 4 is 26.8 Å². The molecule has 3 saturated heterocycles. The van der Waals surface area contributed by atoms with Crippen LogP contribution in [0.1, 0.15) is 59.3 Å². The SMILES string of the molecule is CC1CCC(=O)N1.CC1CCC(=O)N1C.CCN1CCCC1=O.O=[PH2+]. The lowest BCUT2D eigenvalue weighted by atomic mass is 10.2. The Kier molecular flexibility index (Phi) is 12.0. The summed E-state index contributed by atoms with van der Waals surface area (Å²) in [6.07, 6.45) is 5.35. The van der Waals surface area contributed by atoms with Crippen LogP contribution in [0.3, 0.4) is 0 Å². The van der Waals surface area contributed by atoms with Crippen LogP contribution < -0.4 is 5.32 Å². The van der Waals surface area contributed by atoms with E-state index in [1.165, 1.54) is 9.12 Å². The van der Waals surface area contributed by atoms with Gasteiger partial charge in [0.15, 0.2) is 0 Å². The molecule has 8 heteroatoms. The Morgan fingerprint density at radius 2 is 1.68 bits per heavy atom. The average Bonchev–Trinajstić information content (AvgIpc) is 3.28. The molecule has 25 heavy (non-hydrogen) atoms. The number of nitrogens with zero attached hydrogens (tertiary/aromatic N) is 2. The molecule has 3 atom stereocenters. The minimum absolute atomic E-state index is 0.201. The second-order valence-electron chi connectivity index (χ2n) is 6.48. The minimum Gasteiger partial charge on any atom is -0.354 e. The third-order valence-electron chi connectivity index (χ3n) is 4.60. The topological polar surface area (TPSA) is 86.8 Å². The number of nitrogens with one attached hydrogen (secondary N) is 1. The molecule has 0 aromatic rings. The van der Waals surface area contributed by atoms with Crippen molar-refractivity contribution in [3.63, 3.8) is 0 Å². The Morgan fingerprint density at radius 3 is 1.84 bits per heavy atom. The molecule has 3 aliphatic heterocycles. The molecule has 0 aromatic heterocycles. The molecule has 144 valence electrons. The van der Waals surface area contributed by atoms with Gasteiger partial charge in [-0.1, -0.05) is 4.57 Å². The number of carbonyl (C=O) groups is 3. The summed E-state index contributed by atoms with van der Waals surface area (Å²) < 4.78 is 8.17. The van der Waals surface area contributed by atoms with Gasteiger partial charge in [-0.25, -0.2) is 0 Å². The monoisotopic (exact) mass is 374 g/mol. The zero-order valence-corrected chi connectivity index (χ0v) is 17.1. The van der Waals surface area contributed by atoms with E-state index in [-0.39, 0.29) is 11.8 Å². The highest BCUT2D eigenvalue weighted by molar-refractivity contribution is 7.00. The normalized spacial score (nSPS) is 24.6. The molecule has 0 aromatic carbocycles. The molecule has 1 N–H and O–H groups in total. The molecule has 3 rings (SSSR count). The first-order chi connectivity index (χ1) is 11.8. The maximum Gasteiger partial charge on any atom is 0.310 e. The second kappa shape index (κ2) is 12.8. The van der Waals surface area contributed by atoms with E-state index < -0.39 is 0 Å². The highest BCUT2D eigenvalue weighted by Gasteiger charge is 2.22. The Labute approximate surface area is 153 Å². The van der Waals surface area contributed by atoms with Crippen molar-refractivity contribution in [3.8, 4) is 0 Å². The lowest BCUT2D eigenvalue weighted by Gasteiger charge is -2.13. The maximum atomic E-state index is 10.7. The van der Waals surface area contributed by atoms with Crippen LogP contribution in [-0.2, 0) is 18.9 Å². The summed E-state index contributed by atoms with van der Waals surface area (Å²) in [5.74, 6) is 0.817. The van der Waals surface area contributed by atoms with Gasteiger partial charge in [0.05, 0.1) is 0 Å². The molecule has 0 bridgehead atoms. The lowest BCUT2D eigenvalue weighted by molar-refractivity contribution is -0.128. The number of likely N-dealkylation sites (tertiary alicyclic amines) is 2. The van der Waals surface area contributed by atoms with E-state index in [1.807, 2.05) is 25.8 Å². The number of amides is 3. The Hall–Kier alpha value is -1.49. The quantitative estimate of drug-likeness (QED) is 0.709. The third-order valence-corrected chi connectivity index (χ3v) is 4.60. The van der Waals surface area contributed by atoms with Crippen LogP contribution in [0.2, 0.25) is 0 Å². The largest absolute Gasteiger partial charge is 0.354 e. The van der Waals surface area contributed by atoms with Crippen molar-refractivity contribution in [2.24, 2.45) is 0 Å². The van der Waals surface area contributed by atoms with Crippen LogP contribution in [0.4, 0.5) is 0 Å². The number of rotatable bonds is 1. The number of carbonyl (C=O) groups excluding carboxylic acids is 3. The van der Waals surface area contributed by atoms with Gasteiger partial charge < -0.3 is 15.1 Å². The summed E-state index contributed by atoms with van der Waals surface area (Å²) in [5.41, 5.74) is 0. The van der Waals surface area contributed by atoms with Gasteiger partial charge in [0.1, 0.15) is 0 Å². The van der Waals surface area contributed by atoms with Gasteiger partial charge in [-0.15, -0.1) is 0 Å². The van der Waals surface area contributed by atoms with Crippen LogP contribution in [0.5, 0.6) is 0 Å². The predicted octanol–water partition coefficient (Wildman–Crippen LogP) is 1.75. The second-order valence-corrected chi connectivity index (χ2v) is 6.48. The highest BCUT2D eigenvalue weighted by atomic mass is 31.0. The van der Waals surface area contributed by atoms with Crippen molar-refractivity contribution in [1.29, 1.82) is 0 Å². The van der Waals surface area contributed by atoms with E-state index in [0.29, 0.717) is 18.0 Å². The van der Waals surface area contributed by atoms with Crippen molar-refractivity contribution in [2.75, 3.05) is 20.1 Å². The summed E-state index contributed by atoms with van der Waals surface area (Å²) in [4.78, 5) is 35.5. The smallest absolute Gasteiger partial charge is 0.310 e. The van der Waals surface area contributed by atoms with Crippen molar-refractivity contribution in [3.05, 3.63) is 0 Å². The zero-order chi connectivity index (χ0) is 19.4. The van der Waals surface area contributed by atoms with Crippen molar-refractivity contribution < 1.29 is 18.9 Å². The van der Waals surface area contributed by atoms with E-state index in [1.54, 1.807) is 4.90 Å². The molecular formula is C17H33N3O4P+.